The number of rotatable bonds is 3. The Morgan fingerprint density at radius 2 is 1.75 bits per heavy atom. The van der Waals surface area contributed by atoms with Crippen LogP contribution in [0.1, 0.15) is 26.7 Å². The number of ether oxygens (including phenoxy) is 2. The van der Waals surface area contributed by atoms with Crippen LogP contribution >= 0.6 is 15.9 Å². The predicted octanol–water partition coefficient (Wildman–Crippen LogP) is 4.61. The van der Waals surface area contributed by atoms with E-state index in [1.54, 1.807) is 0 Å². The zero-order valence-corrected chi connectivity index (χ0v) is 21.6. The molecule has 2 fully saturated rings. The number of nitrogen functional groups attached to an aromatic ring is 1. The maximum Gasteiger partial charge on any atom is 0.172 e. The SMILES string of the molecule is C[C@@H]1OC2(CCN(c3ccc(-c4cc(-c5cccc(Br)c5)c5c(N)ncnc5n4)nn3)CC2)O[C@H]1C. The van der Waals surface area contributed by atoms with E-state index in [-0.39, 0.29) is 12.2 Å². The van der Waals surface area contributed by atoms with Gasteiger partial charge in [0.1, 0.15) is 17.8 Å². The van der Waals surface area contributed by atoms with E-state index >= 15 is 0 Å². The lowest BCUT2D eigenvalue weighted by Crippen LogP contribution is -2.46. The molecule has 0 bridgehead atoms. The number of hydrogen-bond acceptors (Lipinski definition) is 9. The van der Waals surface area contributed by atoms with Gasteiger partial charge in [-0.15, -0.1) is 10.2 Å². The van der Waals surface area contributed by atoms with E-state index in [9.17, 15) is 0 Å². The number of nitrogens with zero attached hydrogens (tertiary/aromatic N) is 6. The maximum absolute atomic E-state index is 6.23. The van der Waals surface area contributed by atoms with Gasteiger partial charge in [-0.05, 0) is 55.3 Å². The van der Waals surface area contributed by atoms with Gasteiger partial charge in [0.15, 0.2) is 17.3 Å². The highest BCUT2D eigenvalue weighted by molar-refractivity contribution is 9.10. The molecule has 0 aliphatic carbocycles. The summed E-state index contributed by atoms with van der Waals surface area (Å²) in [6.07, 6.45) is 3.26. The summed E-state index contributed by atoms with van der Waals surface area (Å²) >= 11 is 3.56. The highest BCUT2D eigenvalue weighted by Crippen LogP contribution is 2.38. The number of piperidine rings is 1. The molecule has 0 saturated carbocycles. The molecule has 36 heavy (non-hydrogen) atoms. The van der Waals surface area contributed by atoms with Crippen LogP contribution in [-0.2, 0) is 9.47 Å². The fourth-order valence-corrected chi connectivity index (χ4v) is 5.34. The summed E-state index contributed by atoms with van der Waals surface area (Å²) in [5, 5.41) is 9.76. The van der Waals surface area contributed by atoms with E-state index in [0.717, 1.165) is 47.3 Å². The summed E-state index contributed by atoms with van der Waals surface area (Å²) in [5.41, 5.74) is 9.94. The molecule has 6 rings (SSSR count). The van der Waals surface area contributed by atoms with Crippen LogP contribution in [0.3, 0.4) is 0 Å². The van der Waals surface area contributed by atoms with Gasteiger partial charge in [-0.2, -0.15) is 0 Å². The molecule has 184 valence electrons. The molecular formula is C26H26BrN7O2. The van der Waals surface area contributed by atoms with Gasteiger partial charge >= 0.3 is 0 Å². The van der Waals surface area contributed by atoms with Crippen LogP contribution in [0.2, 0.25) is 0 Å². The first-order valence-corrected chi connectivity index (χ1v) is 12.8. The van der Waals surface area contributed by atoms with Crippen molar-refractivity contribution in [2.24, 2.45) is 0 Å². The largest absolute Gasteiger partial charge is 0.383 e. The quantitative estimate of drug-likeness (QED) is 0.392. The number of anilines is 2. The number of benzene rings is 1. The molecular weight excluding hydrogens is 522 g/mol. The zero-order chi connectivity index (χ0) is 24.9. The third-order valence-electron chi connectivity index (χ3n) is 6.99. The van der Waals surface area contributed by atoms with Gasteiger partial charge in [-0.3, -0.25) is 0 Å². The van der Waals surface area contributed by atoms with Gasteiger partial charge in [0.05, 0.1) is 23.3 Å². The molecule has 0 unspecified atom stereocenters. The number of hydrogen-bond donors (Lipinski definition) is 1. The Morgan fingerprint density at radius 1 is 0.972 bits per heavy atom. The van der Waals surface area contributed by atoms with Crippen molar-refractivity contribution in [3.05, 3.63) is 53.3 Å². The molecule has 2 N–H and O–H groups in total. The second-order valence-corrected chi connectivity index (χ2v) is 10.3. The van der Waals surface area contributed by atoms with Crippen molar-refractivity contribution >= 4 is 38.6 Å². The topological polar surface area (TPSA) is 112 Å². The van der Waals surface area contributed by atoms with Crippen molar-refractivity contribution in [2.45, 2.75) is 44.7 Å². The summed E-state index contributed by atoms with van der Waals surface area (Å²) in [6, 6.07) is 13.9. The lowest BCUT2D eigenvalue weighted by molar-refractivity contribution is -0.185. The molecule has 2 aliphatic heterocycles. The Bertz CT molecular complexity index is 1410. The molecule has 3 aromatic heterocycles. The predicted molar refractivity (Wildman–Crippen MR) is 141 cm³/mol. The first kappa shape index (κ1) is 23.2. The van der Waals surface area contributed by atoms with Gasteiger partial charge in [0, 0.05) is 30.4 Å². The van der Waals surface area contributed by atoms with Crippen molar-refractivity contribution in [3.63, 3.8) is 0 Å². The molecule has 0 radical (unpaired) electrons. The Hall–Kier alpha value is -3.21. The molecule has 2 aliphatic rings. The second kappa shape index (κ2) is 9.02. The van der Waals surface area contributed by atoms with Crippen LogP contribution in [0, 0.1) is 0 Å². The average Bonchev–Trinajstić information content (AvgIpc) is 3.16. The number of pyridine rings is 1. The first-order valence-electron chi connectivity index (χ1n) is 12.0. The molecule has 0 amide bonds. The fraction of sp³-hybridized carbons (Fsp3) is 0.346. The Balaban J connectivity index is 1.29. The molecule has 5 heterocycles. The minimum atomic E-state index is -0.468. The molecule has 9 nitrogen and oxygen atoms in total. The van der Waals surface area contributed by atoms with Crippen LogP contribution in [0.4, 0.5) is 11.6 Å². The van der Waals surface area contributed by atoms with Crippen molar-refractivity contribution in [1.29, 1.82) is 0 Å². The van der Waals surface area contributed by atoms with Crippen LogP contribution < -0.4 is 10.6 Å². The standard InChI is InChI=1S/C26H26BrN7O2/c1-15-16(2)36-26(35-15)8-10-34(11-9-26)22-7-6-20(32-33-22)21-13-19(17-4-3-5-18(27)12-17)23-24(28)29-14-30-25(23)31-21/h3-7,12-16H,8-11H2,1-2H3,(H2,28,29,30,31)/t15-,16-/m0/s1. The number of halogens is 1. The van der Waals surface area contributed by atoms with E-state index in [0.29, 0.717) is 28.2 Å². The highest BCUT2D eigenvalue weighted by atomic mass is 79.9. The van der Waals surface area contributed by atoms with Crippen LogP contribution in [-0.4, -0.2) is 56.2 Å². The minimum Gasteiger partial charge on any atom is -0.383 e. The molecule has 2 atom stereocenters. The summed E-state index contributed by atoms with van der Waals surface area (Å²) in [5.74, 6) is 0.745. The maximum atomic E-state index is 6.23. The monoisotopic (exact) mass is 547 g/mol. The van der Waals surface area contributed by atoms with Crippen LogP contribution in [0.25, 0.3) is 33.5 Å². The third-order valence-corrected chi connectivity index (χ3v) is 7.49. The number of aromatic nitrogens is 5. The summed E-state index contributed by atoms with van der Waals surface area (Å²) < 4.78 is 13.3. The normalized spacial score (nSPS) is 21.4. The van der Waals surface area contributed by atoms with Gasteiger partial charge < -0.3 is 20.1 Å². The van der Waals surface area contributed by atoms with E-state index < -0.39 is 5.79 Å². The van der Waals surface area contributed by atoms with Crippen LogP contribution in [0.5, 0.6) is 0 Å². The summed E-state index contributed by atoms with van der Waals surface area (Å²) in [7, 11) is 0. The van der Waals surface area contributed by atoms with Gasteiger partial charge in [0.2, 0.25) is 0 Å². The summed E-state index contributed by atoms with van der Waals surface area (Å²) in [4.78, 5) is 15.5. The van der Waals surface area contributed by atoms with Crippen molar-refractivity contribution in [2.75, 3.05) is 23.7 Å². The van der Waals surface area contributed by atoms with Crippen LogP contribution in [0.15, 0.2) is 53.3 Å². The molecule has 1 spiro atoms. The van der Waals surface area contributed by atoms with Crippen molar-refractivity contribution in [1.82, 2.24) is 25.1 Å². The lowest BCUT2D eigenvalue weighted by atomic mass is 10.0. The number of nitrogens with two attached hydrogens (primary N) is 1. The highest BCUT2D eigenvalue weighted by Gasteiger charge is 2.46. The summed E-state index contributed by atoms with van der Waals surface area (Å²) in [6.45, 7) is 5.73. The van der Waals surface area contributed by atoms with E-state index in [4.69, 9.17) is 20.2 Å². The molecule has 2 saturated heterocycles. The Labute approximate surface area is 217 Å². The molecule has 10 heteroatoms. The van der Waals surface area contributed by atoms with Crippen molar-refractivity contribution in [3.8, 4) is 22.5 Å². The molecule has 4 aromatic rings. The van der Waals surface area contributed by atoms with E-state index in [2.05, 4.69) is 54.8 Å². The van der Waals surface area contributed by atoms with Crippen molar-refractivity contribution < 1.29 is 9.47 Å². The van der Waals surface area contributed by atoms with Gasteiger partial charge in [-0.25, -0.2) is 15.0 Å². The third kappa shape index (κ3) is 4.19. The van der Waals surface area contributed by atoms with E-state index in [1.165, 1.54) is 6.33 Å². The second-order valence-electron chi connectivity index (χ2n) is 9.34. The lowest BCUT2D eigenvalue weighted by Gasteiger charge is -2.38. The fourth-order valence-electron chi connectivity index (χ4n) is 4.94. The average molecular weight is 548 g/mol. The minimum absolute atomic E-state index is 0.118. The van der Waals surface area contributed by atoms with Gasteiger partial charge in [0.25, 0.3) is 0 Å². The number of fused-ring (bicyclic) bond motifs is 1. The smallest absolute Gasteiger partial charge is 0.172 e. The zero-order valence-electron chi connectivity index (χ0n) is 20.1. The molecule has 1 aromatic carbocycles. The Morgan fingerprint density at radius 3 is 2.44 bits per heavy atom. The van der Waals surface area contributed by atoms with Gasteiger partial charge in [-0.1, -0.05) is 28.1 Å². The first-order chi connectivity index (χ1) is 17.4. The Kier molecular flexibility index (Phi) is 5.82. The van der Waals surface area contributed by atoms with E-state index in [1.807, 2.05) is 42.5 Å².